The van der Waals surface area contributed by atoms with E-state index in [4.69, 9.17) is 16.9 Å². The topological polar surface area (TPSA) is 127 Å². The van der Waals surface area contributed by atoms with Gasteiger partial charge < -0.3 is 21.8 Å². The number of anilines is 1. The maximum Gasteiger partial charge on any atom is 0.282 e. The lowest BCUT2D eigenvalue weighted by atomic mass is 9.89. The van der Waals surface area contributed by atoms with Gasteiger partial charge in [-0.25, -0.2) is 13.8 Å². The minimum absolute atomic E-state index is 0.205. The van der Waals surface area contributed by atoms with Crippen LogP contribution in [-0.4, -0.2) is 50.8 Å². The maximum absolute atomic E-state index is 13.2. The summed E-state index contributed by atoms with van der Waals surface area (Å²) in [6.07, 6.45) is 4.30. The van der Waals surface area contributed by atoms with Gasteiger partial charge in [-0.2, -0.15) is 5.10 Å². The summed E-state index contributed by atoms with van der Waals surface area (Å²) in [7, 11) is 0. The fraction of sp³-hybridized carbons (Fsp3) is 0.333. The van der Waals surface area contributed by atoms with Crippen LogP contribution in [0.15, 0.2) is 30.5 Å². The summed E-state index contributed by atoms with van der Waals surface area (Å²) in [4.78, 5) is 18.3. The molecule has 0 aliphatic carbocycles. The molecule has 8 nitrogen and oxygen atoms in total. The second kappa shape index (κ2) is 7.00. The number of hydrogen-bond donors (Lipinski definition) is 3. The van der Waals surface area contributed by atoms with E-state index in [0.29, 0.717) is 27.7 Å². The number of alkyl halides is 2. The molecule has 1 aliphatic rings. The molecular formula is C21H23F2N7O. The predicted molar refractivity (Wildman–Crippen MR) is 116 cm³/mol. The molecule has 3 heterocycles. The van der Waals surface area contributed by atoms with E-state index < -0.39 is 24.4 Å². The molecule has 2 aromatic heterocycles. The number of likely N-dealkylation sites (tertiary alicyclic amines) is 1. The lowest BCUT2D eigenvalue weighted by molar-refractivity contribution is -0.174. The molecule has 3 aromatic rings. The van der Waals surface area contributed by atoms with Gasteiger partial charge in [-0.3, -0.25) is 9.48 Å². The largest absolute Gasteiger partial charge is 0.398 e. The number of amides is 1. The van der Waals surface area contributed by atoms with Crippen molar-refractivity contribution in [3.05, 3.63) is 36.0 Å². The molecule has 1 aromatic carbocycles. The number of benzene rings is 1. The third-order valence-corrected chi connectivity index (χ3v) is 5.40. The number of allylic oxidation sites excluding steroid dienone is 1. The Kier molecular flexibility index (Phi) is 4.68. The number of nitrogens with zero attached hydrogens (tertiary/aromatic N) is 4. The van der Waals surface area contributed by atoms with Crippen molar-refractivity contribution in [1.82, 2.24) is 19.7 Å². The molecule has 1 saturated heterocycles. The maximum atomic E-state index is 13.2. The summed E-state index contributed by atoms with van der Waals surface area (Å²) in [5, 5.41) is 13.2. The molecule has 1 aliphatic heterocycles. The summed E-state index contributed by atoms with van der Waals surface area (Å²) in [6, 6.07) is 5.42. The molecule has 0 atom stereocenters. The van der Waals surface area contributed by atoms with Crippen LogP contribution in [0.3, 0.4) is 0 Å². The van der Waals surface area contributed by atoms with E-state index in [1.807, 2.05) is 12.1 Å². The lowest BCUT2D eigenvalue weighted by Crippen LogP contribution is -2.61. The van der Waals surface area contributed by atoms with Crippen molar-refractivity contribution in [1.29, 1.82) is 5.41 Å². The first-order chi connectivity index (χ1) is 14.5. The number of nitrogens with one attached hydrogen (secondary N) is 1. The quantitative estimate of drug-likeness (QED) is 0.540. The van der Waals surface area contributed by atoms with Crippen molar-refractivity contribution in [2.75, 3.05) is 18.8 Å². The van der Waals surface area contributed by atoms with Gasteiger partial charge in [-0.05, 0) is 37.6 Å². The second-order valence-corrected chi connectivity index (χ2v) is 8.51. The Bertz CT molecular complexity index is 1240. The average molecular weight is 427 g/mol. The highest BCUT2D eigenvalue weighted by atomic mass is 19.3. The summed E-state index contributed by atoms with van der Waals surface area (Å²) in [6.45, 7) is 2.53. The minimum atomic E-state index is -2.80. The van der Waals surface area contributed by atoms with Gasteiger partial charge in [0, 0.05) is 23.5 Å². The number of fused-ring (bicyclic) bond motifs is 3. The standard InChI is InChI=1S/C21H23F2N7O/c1-20(2,19(31)29-10-21(22,23)11-29)9-30-8-14-17(28-30)13-4-3-12(15(25)5-6-24)7-16(13)27-18(14)26/h3-8,24H,9-11,25H2,1-2H3,(H2,26,27)/b15-5-,24-6?. The first-order valence-electron chi connectivity index (χ1n) is 9.71. The first-order valence-corrected chi connectivity index (χ1v) is 9.71. The molecule has 0 spiro atoms. The van der Waals surface area contributed by atoms with Crippen molar-refractivity contribution in [2.24, 2.45) is 11.1 Å². The zero-order valence-electron chi connectivity index (χ0n) is 17.2. The third kappa shape index (κ3) is 3.69. The van der Waals surface area contributed by atoms with Gasteiger partial charge in [0.25, 0.3) is 5.92 Å². The number of nitrogen functional groups attached to an aromatic ring is 1. The first kappa shape index (κ1) is 20.7. The molecule has 0 saturated carbocycles. The number of carbonyl (C=O) groups excluding carboxylic acids is 1. The Labute approximate surface area is 177 Å². The fourth-order valence-electron chi connectivity index (χ4n) is 3.83. The van der Waals surface area contributed by atoms with Gasteiger partial charge in [0.15, 0.2) is 0 Å². The molecular weight excluding hydrogens is 404 g/mol. The summed E-state index contributed by atoms with van der Waals surface area (Å²) < 4.78 is 27.9. The Balaban J connectivity index is 1.68. The highest BCUT2D eigenvalue weighted by Crippen LogP contribution is 2.33. The van der Waals surface area contributed by atoms with E-state index in [-0.39, 0.29) is 18.3 Å². The van der Waals surface area contributed by atoms with Gasteiger partial charge in [0.1, 0.15) is 11.3 Å². The van der Waals surface area contributed by atoms with Crippen LogP contribution in [0.5, 0.6) is 0 Å². The van der Waals surface area contributed by atoms with Crippen LogP contribution in [-0.2, 0) is 11.3 Å². The number of nitrogens with two attached hydrogens (primary N) is 2. The van der Waals surface area contributed by atoms with Crippen LogP contribution in [0.25, 0.3) is 27.5 Å². The number of halogens is 2. The van der Waals surface area contributed by atoms with Crippen molar-refractivity contribution < 1.29 is 13.6 Å². The zero-order valence-corrected chi connectivity index (χ0v) is 17.2. The van der Waals surface area contributed by atoms with Crippen LogP contribution >= 0.6 is 0 Å². The molecule has 162 valence electrons. The second-order valence-electron chi connectivity index (χ2n) is 8.51. The van der Waals surface area contributed by atoms with Crippen LogP contribution in [0.1, 0.15) is 19.4 Å². The Morgan fingerprint density at radius 3 is 2.68 bits per heavy atom. The molecule has 31 heavy (non-hydrogen) atoms. The number of hydrogen-bond acceptors (Lipinski definition) is 6. The lowest BCUT2D eigenvalue weighted by Gasteiger charge is -2.42. The van der Waals surface area contributed by atoms with E-state index in [1.165, 1.54) is 11.0 Å². The van der Waals surface area contributed by atoms with E-state index in [2.05, 4.69) is 10.1 Å². The van der Waals surface area contributed by atoms with Crippen molar-refractivity contribution >= 4 is 45.4 Å². The predicted octanol–water partition coefficient (Wildman–Crippen LogP) is 2.62. The summed E-state index contributed by atoms with van der Waals surface area (Å²) in [5.41, 5.74) is 13.6. The van der Waals surface area contributed by atoms with Crippen LogP contribution < -0.4 is 11.5 Å². The zero-order chi connectivity index (χ0) is 22.6. The minimum Gasteiger partial charge on any atom is -0.398 e. The Morgan fingerprint density at radius 1 is 1.32 bits per heavy atom. The Hall–Kier alpha value is -3.56. The highest BCUT2D eigenvalue weighted by Gasteiger charge is 2.49. The van der Waals surface area contributed by atoms with Crippen molar-refractivity contribution in [3.63, 3.8) is 0 Å². The van der Waals surface area contributed by atoms with Gasteiger partial charge >= 0.3 is 0 Å². The molecule has 4 rings (SSSR count). The van der Waals surface area contributed by atoms with Crippen LogP contribution in [0.4, 0.5) is 14.6 Å². The number of rotatable bonds is 5. The monoisotopic (exact) mass is 427 g/mol. The van der Waals surface area contributed by atoms with Gasteiger partial charge in [-0.1, -0.05) is 6.07 Å². The van der Waals surface area contributed by atoms with Gasteiger partial charge in [0.2, 0.25) is 5.91 Å². The molecule has 1 fully saturated rings. The third-order valence-electron chi connectivity index (χ3n) is 5.40. The van der Waals surface area contributed by atoms with E-state index in [9.17, 15) is 13.6 Å². The van der Waals surface area contributed by atoms with E-state index in [1.54, 1.807) is 30.8 Å². The number of carbonyl (C=O) groups is 1. The summed E-state index contributed by atoms with van der Waals surface area (Å²) >= 11 is 0. The van der Waals surface area contributed by atoms with Crippen molar-refractivity contribution in [3.8, 4) is 0 Å². The van der Waals surface area contributed by atoms with Crippen LogP contribution in [0.2, 0.25) is 0 Å². The smallest absolute Gasteiger partial charge is 0.282 e. The average Bonchev–Trinajstić information content (AvgIpc) is 3.09. The normalized spacial score (nSPS) is 16.5. The van der Waals surface area contributed by atoms with Crippen molar-refractivity contribution in [2.45, 2.75) is 26.3 Å². The molecule has 0 radical (unpaired) electrons. The van der Waals surface area contributed by atoms with Gasteiger partial charge in [-0.15, -0.1) is 0 Å². The molecule has 10 heteroatoms. The fourth-order valence-corrected chi connectivity index (χ4v) is 3.83. The van der Waals surface area contributed by atoms with Gasteiger partial charge in [0.05, 0.1) is 36.0 Å². The molecule has 5 N–H and O–H groups in total. The summed E-state index contributed by atoms with van der Waals surface area (Å²) in [5.74, 6) is -2.86. The SMILES string of the molecule is CC(C)(Cn1cc2c(N)nc3cc(/C(N)=C/C=N)ccc3c2n1)C(=O)N1CC(F)(F)C1. The highest BCUT2D eigenvalue weighted by molar-refractivity contribution is 6.08. The van der Waals surface area contributed by atoms with E-state index >= 15 is 0 Å². The van der Waals surface area contributed by atoms with E-state index in [0.717, 1.165) is 11.6 Å². The number of pyridine rings is 1. The number of aromatic nitrogens is 3. The molecule has 0 unspecified atom stereocenters. The molecule has 0 bridgehead atoms. The van der Waals surface area contributed by atoms with Crippen LogP contribution in [0, 0.1) is 10.8 Å². The molecule has 1 amide bonds. The Morgan fingerprint density at radius 2 is 2.03 bits per heavy atom.